The second-order valence-corrected chi connectivity index (χ2v) is 10.9. The van der Waals surface area contributed by atoms with Crippen LogP contribution in [0.3, 0.4) is 0 Å². The molecule has 0 aliphatic carbocycles. The summed E-state index contributed by atoms with van der Waals surface area (Å²) in [5, 5.41) is 17.0. The number of fused-ring (bicyclic) bond motifs is 1. The highest BCUT2D eigenvalue weighted by molar-refractivity contribution is 6.05. The van der Waals surface area contributed by atoms with Crippen molar-refractivity contribution < 1.29 is 14.0 Å². The second-order valence-electron chi connectivity index (χ2n) is 10.9. The quantitative estimate of drug-likeness (QED) is 0.139. The summed E-state index contributed by atoms with van der Waals surface area (Å²) in [5.74, 6) is 5.35. The minimum absolute atomic E-state index is 0.00199. The van der Waals surface area contributed by atoms with Gasteiger partial charge in [0.05, 0.1) is 12.8 Å². The molecule has 1 amide bonds. The molecule has 6 aromatic rings. The van der Waals surface area contributed by atoms with Gasteiger partial charge in [0.15, 0.2) is 0 Å². The Balaban J connectivity index is 1.22. The average molecular weight is 644 g/mol. The van der Waals surface area contributed by atoms with Gasteiger partial charge < -0.3 is 15.6 Å². The molecule has 0 fully saturated rings. The molecule has 1 atom stereocenters. The summed E-state index contributed by atoms with van der Waals surface area (Å²) in [4.78, 5) is 40.0. The Labute approximate surface area is 273 Å². The largest absolute Gasteiger partial charge is 0.361 e. The van der Waals surface area contributed by atoms with Crippen LogP contribution in [0.2, 0.25) is 0 Å². The van der Waals surface area contributed by atoms with E-state index in [1.165, 1.54) is 24.3 Å². The Kier molecular flexibility index (Phi) is 8.30. The first-order valence-electron chi connectivity index (χ1n) is 15.1. The molecule has 7 rings (SSSR count). The van der Waals surface area contributed by atoms with E-state index in [0.29, 0.717) is 16.9 Å². The molecule has 4 aromatic carbocycles. The number of rotatable bonds is 9. The van der Waals surface area contributed by atoms with E-state index >= 15 is 0 Å². The summed E-state index contributed by atoms with van der Waals surface area (Å²) in [6.45, 7) is 0. The number of aliphatic imine (C=N–C) groups is 1. The van der Waals surface area contributed by atoms with Gasteiger partial charge >= 0.3 is 0 Å². The number of H-pyrrole nitrogens is 1. The molecule has 2 aromatic heterocycles. The summed E-state index contributed by atoms with van der Waals surface area (Å²) in [7, 11) is 0. The number of carbonyl (C=O) groups excluding carboxylic acids is 2. The van der Waals surface area contributed by atoms with Gasteiger partial charge in [0.1, 0.15) is 5.82 Å². The third kappa shape index (κ3) is 6.46. The molecular formula is C34H30FN11O2. The number of carbonyl (C=O) groups is 2. The zero-order valence-electron chi connectivity index (χ0n) is 25.4. The fourth-order valence-electron chi connectivity index (χ4n) is 5.30. The lowest BCUT2D eigenvalue weighted by atomic mass is 10.1. The highest BCUT2D eigenvalue weighted by atomic mass is 19.1. The zero-order valence-corrected chi connectivity index (χ0v) is 25.4. The first-order valence-corrected chi connectivity index (χ1v) is 15.1. The third-order valence-electron chi connectivity index (χ3n) is 7.61. The van der Waals surface area contributed by atoms with Crippen molar-refractivity contribution in [3.63, 3.8) is 0 Å². The van der Waals surface area contributed by atoms with Crippen molar-refractivity contribution in [2.75, 3.05) is 16.0 Å². The monoisotopic (exact) mass is 643 g/mol. The number of amides is 1. The number of hydrogen-bond acceptors (Lipinski definition) is 10. The maximum atomic E-state index is 13.9. The average Bonchev–Trinajstić information content (AvgIpc) is 3.78. The number of benzene rings is 4. The molecule has 0 radical (unpaired) electrons. The first kappa shape index (κ1) is 30.3. The van der Waals surface area contributed by atoms with Crippen molar-refractivity contribution in [2.45, 2.75) is 19.1 Å². The number of para-hydroxylation sites is 3. The van der Waals surface area contributed by atoms with Crippen LogP contribution in [0.15, 0.2) is 120 Å². The number of anilines is 4. The summed E-state index contributed by atoms with van der Waals surface area (Å²) < 4.78 is 14.7. The zero-order chi connectivity index (χ0) is 33.0. The van der Waals surface area contributed by atoms with Crippen molar-refractivity contribution in [1.29, 1.82) is 0 Å². The Morgan fingerprint density at radius 3 is 2.25 bits per heavy atom. The number of aromatic nitrogens is 4. The normalized spacial score (nSPS) is 14.6. The van der Waals surface area contributed by atoms with Crippen molar-refractivity contribution >= 4 is 51.9 Å². The van der Waals surface area contributed by atoms with Crippen molar-refractivity contribution in [3.05, 3.63) is 132 Å². The van der Waals surface area contributed by atoms with E-state index in [1.54, 1.807) is 6.20 Å². The highest BCUT2D eigenvalue weighted by Gasteiger charge is 2.38. The number of hydrogen-bond donors (Lipinski definition) is 5. The summed E-state index contributed by atoms with van der Waals surface area (Å²) >= 11 is 0. The first-order chi connectivity index (χ1) is 23.4. The SMILES string of the molecule is NN1C(Nc2ccccc2)N=C(Nc2nc(Nc3ccccc3)nn2C(=O)Cc2c[nH]c3ccccc23)N1C(=O)Cc1ccc(F)cc1. The van der Waals surface area contributed by atoms with E-state index in [2.05, 4.69) is 36.0 Å². The van der Waals surface area contributed by atoms with Crippen molar-refractivity contribution in [2.24, 2.45) is 10.8 Å². The number of nitrogens with zero attached hydrogens (tertiary/aromatic N) is 6. The van der Waals surface area contributed by atoms with Crippen LogP contribution < -0.4 is 21.8 Å². The molecule has 1 unspecified atom stereocenters. The van der Waals surface area contributed by atoms with Gasteiger partial charge in [0, 0.05) is 28.5 Å². The number of aromatic amines is 1. The lowest BCUT2D eigenvalue weighted by Gasteiger charge is -2.28. The summed E-state index contributed by atoms with van der Waals surface area (Å²) in [5.41, 5.74) is 3.67. The smallest absolute Gasteiger partial charge is 0.254 e. The van der Waals surface area contributed by atoms with Crippen LogP contribution >= 0.6 is 0 Å². The lowest BCUT2D eigenvalue weighted by Crippen LogP contribution is -2.56. The molecule has 0 saturated heterocycles. The number of guanidine groups is 1. The molecule has 1 aliphatic rings. The van der Waals surface area contributed by atoms with Crippen molar-refractivity contribution in [3.8, 4) is 0 Å². The van der Waals surface area contributed by atoms with E-state index in [4.69, 9.17) is 5.84 Å². The predicted octanol–water partition coefficient (Wildman–Crippen LogP) is 4.86. The topological polar surface area (TPSA) is 162 Å². The fourth-order valence-corrected chi connectivity index (χ4v) is 5.30. The Morgan fingerprint density at radius 1 is 0.812 bits per heavy atom. The van der Waals surface area contributed by atoms with Gasteiger partial charge in [-0.1, -0.05) is 66.7 Å². The highest BCUT2D eigenvalue weighted by Crippen LogP contribution is 2.23. The lowest BCUT2D eigenvalue weighted by molar-refractivity contribution is -0.139. The molecular weight excluding hydrogens is 613 g/mol. The molecule has 6 N–H and O–H groups in total. The Bertz CT molecular complexity index is 2100. The van der Waals surface area contributed by atoms with Gasteiger partial charge in [0.25, 0.3) is 5.91 Å². The summed E-state index contributed by atoms with van der Waals surface area (Å²) in [6, 6.07) is 31.8. The molecule has 0 spiro atoms. The maximum Gasteiger partial charge on any atom is 0.254 e. The molecule has 14 heteroatoms. The van der Waals surface area contributed by atoms with Crippen LogP contribution in [0.5, 0.6) is 0 Å². The van der Waals surface area contributed by atoms with Gasteiger partial charge in [-0.05, 0) is 53.6 Å². The standard InChI is InChI=1S/C34H30FN11O2/c35-24-17-15-22(16-18-24)19-30(48)45-33(42-34(46(45)36)39-26-11-5-2-6-12-26)41-32-40-31(38-25-9-3-1-4-10-25)43-44(32)29(47)20-23-21-37-28-14-8-7-13-27(23)28/h1-18,21,34,37,39H,19-20,36H2,(H2,38,40,41,42,43). The minimum Gasteiger partial charge on any atom is -0.361 e. The number of hydrazine groups is 2. The van der Waals surface area contributed by atoms with Crippen LogP contribution in [0.25, 0.3) is 10.9 Å². The Hall–Kier alpha value is -6.38. The van der Waals surface area contributed by atoms with Crippen LogP contribution in [0, 0.1) is 5.82 Å². The molecule has 0 saturated carbocycles. The predicted molar refractivity (Wildman–Crippen MR) is 180 cm³/mol. The molecule has 13 nitrogen and oxygen atoms in total. The van der Waals surface area contributed by atoms with E-state index < -0.39 is 18.0 Å². The van der Waals surface area contributed by atoms with Gasteiger partial charge in [-0.15, -0.1) is 10.2 Å². The molecule has 0 bridgehead atoms. The molecule has 3 heterocycles. The molecule has 240 valence electrons. The molecule has 1 aliphatic heterocycles. The van der Waals surface area contributed by atoms with Gasteiger partial charge in [0.2, 0.25) is 30.1 Å². The van der Waals surface area contributed by atoms with Crippen LogP contribution in [0.1, 0.15) is 15.9 Å². The third-order valence-corrected chi connectivity index (χ3v) is 7.61. The minimum atomic E-state index is -0.910. The molecule has 48 heavy (non-hydrogen) atoms. The summed E-state index contributed by atoms with van der Waals surface area (Å²) in [6.07, 6.45) is 0.777. The number of halogens is 1. The van der Waals surface area contributed by atoms with Gasteiger partial charge in [-0.2, -0.15) is 14.7 Å². The van der Waals surface area contributed by atoms with Crippen molar-refractivity contribution in [1.82, 2.24) is 29.9 Å². The van der Waals surface area contributed by atoms with E-state index in [-0.39, 0.29) is 36.6 Å². The number of nitrogens with two attached hydrogens (primary N) is 1. The van der Waals surface area contributed by atoms with E-state index in [1.807, 2.05) is 84.9 Å². The maximum absolute atomic E-state index is 13.9. The van der Waals surface area contributed by atoms with E-state index in [0.717, 1.165) is 31.3 Å². The van der Waals surface area contributed by atoms with Gasteiger partial charge in [-0.25, -0.2) is 15.2 Å². The van der Waals surface area contributed by atoms with Gasteiger partial charge in [-0.3, -0.25) is 14.9 Å². The van der Waals surface area contributed by atoms with Crippen LogP contribution in [-0.4, -0.2) is 53.9 Å². The van der Waals surface area contributed by atoms with Crippen LogP contribution in [-0.2, 0) is 17.6 Å². The second kappa shape index (κ2) is 13.2. The number of nitrogens with one attached hydrogen (secondary N) is 4. The fraction of sp³-hybridized carbons (Fsp3) is 0.0882. The Morgan fingerprint density at radius 2 is 1.50 bits per heavy atom. The van der Waals surface area contributed by atoms with E-state index in [9.17, 15) is 14.0 Å². The van der Waals surface area contributed by atoms with Crippen LogP contribution in [0.4, 0.5) is 27.7 Å².